The number of Topliss-reactive ketones (excluding diaryl/α,β-unsaturated/α-hetero) is 1. The van der Waals surface area contributed by atoms with Gasteiger partial charge in [0.05, 0.1) is 0 Å². The maximum atomic E-state index is 13.3. The summed E-state index contributed by atoms with van der Waals surface area (Å²) in [6, 6.07) is 16.0. The van der Waals surface area contributed by atoms with Crippen molar-refractivity contribution in [1.29, 1.82) is 0 Å². The van der Waals surface area contributed by atoms with Gasteiger partial charge in [0.1, 0.15) is 0 Å². The molecule has 0 N–H and O–H groups in total. The number of benzene rings is 2. The molecule has 0 heterocycles. The Morgan fingerprint density at radius 3 is 1.45 bits per heavy atom. The van der Waals surface area contributed by atoms with Crippen molar-refractivity contribution in [2.45, 2.75) is 38.5 Å². The summed E-state index contributed by atoms with van der Waals surface area (Å²) in [6.45, 7) is 7.99. The number of halogens is 2. The molecule has 0 aromatic heterocycles. The average Bonchev–Trinajstić information content (AvgIpc) is 2.46. The van der Waals surface area contributed by atoms with E-state index < -0.39 is 10.8 Å². The SMILES string of the molecule is CC(C)(C(=O)C(C)(C)c1cccc(Br)c1)c1cccc(Br)c1. The first-order valence-corrected chi connectivity index (χ1v) is 8.81. The lowest BCUT2D eigenvalue weighted by molar-refractivity contribution is -0.128. The van der Waals surface area contributed by atoms with Gasteiger partial charge in [-0.15, -0.1) is 0 Å². The molecule has 1 nitrogen and oxygen atoms in total. The second-order valence-corrected chi connectivity index (χ2v) is 8.43. The zero-order chi connectivity index (χ0) is 16.5. The van der Waals surface area contributed by atoms with Gasteiger partial charge in [-0.1, -0.05) is 56.1 Å². The van der Waals surface area contributed by atoms with Crippen molar-refractivity contribution in [3.8, 4) is 0 Å². The molecule has 22 heavy (non-hydrogen) atoms. The number of hydrogen-bond acceptors (Lipinski definition) is 1. The molecule has 0 unspecified atom stereocenters. The van der Waals surface area contributed by atoms with Crippen molar-refractivity contribution >= 4 is 37.6 Å². The van der Waals surface area contributed by atoms with Crippen LogP contribution in [-0.4, -0.2) is 5.78 Å². The van der Waals surface area contributed by atoms with Crippen LogP contribution < -0.4 is 0 Å². The molecule has 0 aliphatic carbocycles. The molecule has 3 heteroatoms. The molecule has 0 radical (unpaired) electrons. The molecule has 0 atom stereocenters. The van der Waals surface area contributed by atoms with Crippen LogP contribution in [0.15, 0.2) is 57.5 Å². The molecule has 0 bridgehead atoms. The first-order chi connectivity index (χ1) is 10.2. The molecule has 0 fully saturated rings. The lowest BCUT2D eigenvalue weighted by Crippen LogP contribution is -2.42. The van der Waals surface area contributed by atoms with Crippen LogP contribution in [0.5, 0.6) is 0 Å². The molecule has 0 saturated carbocycles. The summed E-state index contributed by atoms with van der Waals surface area (Å²) in [7, 11) is 0. The minimum absolute atomic E-state index is 0.205. The fraction of sp³-hybridized carbons (Fsp3) is 0.316. The van der Waals surface area contributed by atoms with Crippen molar-refractivity contribution in [1.82, 2.24) is 0 Å². The van der Waals surface area contributed by atoms with E-state index in [9.17, 15) is 4.79 Å². The number of carbonyl (C=O) groups excluding carboxylic acids is 1. The molecule has 0 amide bonds. The maximum Gasteiger partial charge on any atom is 0.152 e. The molecule has 2 aromatic carbocycles. The number of carbonyl (C=O) groups is 1. The minimum atomic E-state index is -0.560. The molecular formula is C19H20Br2O. The third-order valence-corrected chi connectivity index (χ3v) is 5.21. The Morgan fingerprint density at radius 2 is 1.14 bits per heavy atom. The van der Waals surface area contributed by atoms with Gasteiger partial charge in [0.25, 0.3) is 0 Å². The van der Waals surface area contributed by atoms with E-state index in [4.69, 9.17) is 0 Å². The zero-order valence-corrected chi connectivity index (χ0v) is 16.5. The van der Waals surface area contributed by atoms with E-state index in [2.05, 4.69) is 31.9 Å². The zero-order valence-electron chi connectivity index (χ0n) is 13.3. The predicted octanol–water partition coefficient (Wildman–Crippen LogP) is 6.04. The van der Waals surface area contributed by atoms with E-state index in [-0.39, 0.29) is 5.78 Å². The largest absolute Gasteiger partial charge is 0.298 e. The smallest absolute Gasteiger partial charge is 0.152 e. The summed E-state index contributed by atoms with van der Waals surface area (Å²) in [6.07, 6.45) is 0. The second-order valence-electron chi connectivity index (χ2n) is 6.60. The van der Waals surface area contributed by atoms with Crippen molar-refractivity contribution in [3.63, 3.8) is 0 Å². The van der Waals surface area contributed by atoms with Gasteiger partial charge in [-0.25, -0.2) is 0 Å². The van der Waals surface area contributed by atoms with Gasteiger partial charge in [-0.3, -0.25) is 4.79 Å². The Balaban J connectivity index is 2.44. The first-order valence-electron chi connectivity index (χ1n) is 7.22. The van der Waals surface area contributed by atoms with E-state index in [1.54, 1.807) is 0 Å². The van der Waals surface area contributed by atoms with Crippen LogP contribution >= 0.6 is 31.9 Å². The van der Waals surface area contributed by atoms with E-state index in [1.165, 1.54) is 0 Å². The van der Waals surface area contributed by atoms with Gasteiger partial charge < -0.3 is 0 Å². The predicted molar refractivity (Wildman–Crippen MR) is 99.3 cm³/mol. The van der Waals surface area contributed by atoms with E-state index >= 15 is 0 Å². The summed E-state index contributed by atoms with van der Waals surface area (Å²) >= 11 is 6.98. The average molecular weight is 424 g/mol. The molecule has 0 spiro atoms. The van der Waals surface area contributed by atoms with Crippen LogP contribution in [0.3, 0.4) is 0 Å². The normalized spacial score (nSPS) is 12.3. The summed E-state index contributed by atoms with van der Waals surface area (Å²) < 4.78 is 1.98. The van der Waals surface area contributed by atoms with Crippen LogP contribution in [0, 0.1) is 0 Å². The van der Waals surface area contributed by atoms with E-state index in [0.717, 1.165) is 20.1 Å². The van der Waals surface area contributed by atoms with Crippen LogP contribution in [0.2, 0.25) is 0 Å². The van der Waals surface area contributed by atoms with E-state index in [0.29, 0.717) is 0 Å². The Bertz CT molecular complexity index is 643. The molecular weight excluding hydrogens is 404 g/mol. The highest BCUT2D eigenvalue weighted by Gasteiger charge is 2.41. The van der Waals surface area contributed by atoms with Gasteiger partial charge in [-0.2, -0.15) is 0 Å². The number of hydrogen-bond donors (Lipinski definition) is 0. The summed E-state index contributed by atoms with van der Waals surface area (Å²) in [5.74, 6) is 0.205. The Morgan fingerprint density at radius 1 is 0.773 bits per heavy atom. The van der Waals surface area contributed by atoms with Gasteiger partial charge in [0.15, 0.2) is 5.78 Å². The van der Waals surface area contributed by atoms with Crippen molar-refractivity contribution < 1.29 is 4.79 Å². The van der Waals surface area contributed by atoms with Crippen molar-refractivity contribution in [2.24, 2.45) is 0 Å². The Hall–Kier alpha value is -0.930. The monoisotopic (exact) mass is 422 g/mol. The van der Waals surface area contributed by atoms with E-state index in [1.807, 2.05) is 76.2 Å². The van der Waals surface area contributed by atoms with Gasteiger partial charge in [0.2, 0.25) is 0 Å². The standard InChI is InChI=1S/C19H20Br2O/c1-18(2,13-7-5-9-15(20)11-13)17(22)19(3,4)14-8-6-10-16(21)12-14/h5-12H,1-4H3. The lowest BCUT2D eigenvalue weighted by atomic mass is 9.67. The fourth-order valence-electron chi connectivity index (χ4n) is 2.80. The highest BCUT2D eigenvalue weighted by molar-refractivity contribution is 9.10. The van der Waals surface area contributed by atoms with Gasteiger partial charge in [0, 0.05) is 19.8 Å². The highest BCUT2D eigenvalue weighted by atomic mass is 79.9. The van der Waals surface area contributed by atoms with Crippen LogP contribution in [0.25, 0.3) is 0 Å². The van der Waals surface area contributed by atoms with Crippen molar-refractivity contribution in [2.75, 3.05) is 0 Å². The van der Waals surface area contributed by atoms with Crippen LogP contribution in [0.1, 0.15) is 38.8 Å². The summed E-state index contributed by atoms with van der Waals surface area (Å²) in [5, 5.41) is 0. The third kappa shape index (κ3) is 3.36. The highest BCUT2D eigenvalue weighted by Crippen LogP contribution is 2.36. The first kappa shape index (κ1) is 17.4. The van der Waals surface area contributed by atoms with Crippen LogP contribution in [0.4, 0.5) is 0 Å². The molecule has 2 rings (SSSR count). The summed E-state index contributed by atoms with van der Waals surface area (Å²) in [4.78, 5) is 13.3. The summed E-state index contributed by atoms with van der Waals surface area (Å²) in [5.41, 5.74) is 0.926. The fourth-order valence-corrected chi connectivity index (χ4v) is 3.60. The Kier molecular flexibility index (Phi) is 4.98. The quantitative estimate of drug-likeness (QED) is 0.586. The second kappa shape index (κ2) is 6.29. The number of ketones is 1. The minimum Gasteiger partial charge on any atom is -0.298 e. The molecule has 116 valence electrons. The molecule has 2 aromatic rings. The molecule has 0 saturated heterocycles. The van der Waals surface area contributed by atoms with Crippen molar-refractivity contribution in [3.05, 3.63) is 68.6 Å². The van der Waals surface area contributed by atoms with Gasteiger partial charge in [-0.05, 0) is 63.1 Å². The van der Waals surface area contributed by atoms with Crippen LogP contribution in [-0.2, 0) is 15.6 Å². The maximum absolute atomic E-state index is 13.3. The number of rotatable bonds is 4. The topological polar surface area (TPSA) is 17.1 Å². The lowest BCUT2D eigenvalue weighted by Gasteiger charge is -2.34. The molecule has 0 aliphatic rings. The Labute approximate surface area is 149 Å². The molecule has 0 aliphatic heterocycles. The van der Waals surface area contributed by atoms with Gasteiger partial charge >= 0.3 is 0 Å². The third-order valence-electron chi connectivity index (χ3n) is 4.23.